The molecule has 1 amide bonds. The van der Waals surface area contributed by atoms with E-state index >= 15 is 0 Å². The molecule has 1 unspecified atom stereocenters. The minimum Gasteiger partial charge on any atom is -0.368 e. The van der Waals surface area contributed by atoms with Crippen molar-refractivity contribution in [3.05, 3.63) is 54.0 Å². The van der Waals surface area contributed by atoms with Gasteiger partial charge in [0.15, 0.2) is 0 Å². The minimum atomic E-state index is -0.216. The molecular formula is C20H29Cl3FN5O. The van der Waals surface area contributed by atoms with Crippen molar-refractivity contribution in [1.29, 1.82) is 0 Å². The molecule has 30 heavy (non-hydrogen) atoms. The summed E-state index contributed by atoms with van der Waals surface area (Å²) in [5, 5.41) is 2.89. The monoisotopic (exact) mass is 479 g/mol. The number of nitrogens with two attached hydrogens (primary N) is 1. The Morgan fingerprint density at radius 2 is 1.70 bits per heavy atom. The van der Waals surface area contributed by atoms with E-state index in [2.05, 4.69) is 20.1 Å². The first-order chi connectivity index (χ1) is 13.0. The maximum absolute atomic E-state index is 13.1. The van der Waals surface area contributed by atoms with Crippen LogP contribution in [0.25, 0.3) is 0 Å². The van der Waals surface area contributed by atoms with Crippen LogP contribution in [0.4, 0.5) is 15.9 Å². The molecule has 1 aliphatic heterocycles. The predicted octanol–water partition coefficient (Wildman–Crippen LogP) is 3.17. The number of hydrogen-bond acceptors (Lipinski definition) is 5. The van der Waals surface area contributed by atoms with Gasteiger partial charge in [0.1, 0.15) is 11.6 Å². The number of nitrogens with one attached hydrogen (secondary N) is 1. The molecule has 0 bridgehead atoms. The molecule has 1 atom stereocenters. The van der Waals surface area contributed by atoms with Crippen LogP contribution in [0.1, 0.15) is 18.9 Å². The Balaban J connectivity index is 0.00000280. The van der Waals surface area contributed by atoms with Crippen molar-refractivity contribution < 1.29 is 9.18 Å². The third-order valence-electron chi connectivity index (χ3n) is 4.60. The molecule has 6 nitrogen and oxygen atoms in total. The standard InChI is InChI=1S/C20H26FN5O.3ClH/c1-15(22)12-20(27)24-14-16-6-7-23-19(13-16)26-10-8-25(9-11-26)18-4-2-17(21)3-5-18;;;/h2-7,13,15H,8-12,14,22H2,1H3,(H,24,27);3*1H. The van der Waals surface area contributed by atoms with Gasteiger partial charge >= 0.3 is 0 Å². The number of halogens is 4. The summed E-state index contributed by atoms with van der Waals surface area (Å²) in [5.74, 6) is 0.649. The number of rotatable bonds is 6. The van der Waals surface area contributed by atoms with Gasteiger partial charge in [0, 0.05) is 57.1 Å². The molecule has 0 aliphatic carbocycles. The lowest BCUT2D eigenvalue weighted by Gasteiger charge is -2.36. The summed E-state index contributed by atoms with van der Waals surface area (Å²) in [7, 11) is 0. The van der Waals surface area contributed by atoms with Crippen LogP contribution in [-0.2, 0) is 11.3 Å². The lowest BCUT2D eigenvalue weighted by Crippen LogP contribution is -2.46. The molecule has 2 heterocycles. The Morgan fingerprint density at radius 1 is 1.10 bits per heavy atom. The van der Waals surface area contributed by atoms with E-state index in [0.29, 0.717) is 13.0 Å². The Bertz CT molecular complexity index is 771. The van der Waals surface area contributed by atoms with E-state index in [1.54, 1.807) is 6.20 Å². The Hall–Kier alpha value is -1.80. The van der Waals surface area contributed by atoms with Crippen LogP contribution in [0.15, 0.2) is 42.6 Å². The second kappa shape index (κ2) is 13.5. The molecule has 0 saturated carbocycles. The summed E-state index contributed by atoms with van der Waals surface area (Å²) in [6.45, 7) is 5.66. The molecule has 10 heteroatoms. The molecule has 1 aliphatic rings. The van der Waals surface area contributed by atoms with Crippen LogP contribution in [0.5, 0.6) is 0 Å². The van der Waals surface area contributed by atoms with Crippen molar-refractivity contribution in [2.45, 2.75) is 25.9 Å². The van der Waals surface area contributed by atoms with Crippen molar-refractivity contribution >= 4 is 54.6 Å². The first-order valence-corrected chi connectivity index (χ1v) is 9.24. The summed E-state index contributed by atoms with van der Waals surface area (Å²) in [4.78, 5) is 20.7. The summed E-state index contributed by atoms with van der Waals surface area (Å²) in [6, 6.07) is 10.4. The molecule has 1 aromatic heterocycles. The average Bonchev–Trinajstić information content (AvgIpc) is 2.67. The van der Waals surface area contributed by atoms with Gasteiger partial charge in [0.05, 0.1) is 0 Å². The van der Waals surface area contributed by atoms with Crippen molar-refractivity contribution in [3.63, 3.8) is 0 Å². The van der Waals surface area contributed by atoms with Gasteiger partial charge < -0.3 is 20.9 Å². The van der Waals surface area contributed by atoms with Gasteiger partial charge in [-0.3, -0.25) is 4.79 Å². The van der Waals surface area contributed by atoms with E-state index in [1.807, 2.05) is 31.2 Å². The number of nitrogens with zero attached hydrogens (tertiary/aromatic N) is 3. The third-order valence-corrected chi connectivity index (χ3v) is 4.60. The van der Waals surface area contributed by atoms with Crippen LogP contribution in [-0.4, -0.2) is 43.1 Å². The Kier molecular flexibility index (Phi) is 12.7. The summed E-state index contributed by atoms with van der Waals surface area (Å²) >= 11 is 0. The number of aromatic nitrogens is 1. The van der Waals surface area contributed by atoms with Crippen LogP contribution >= 0.6 is 37.2 Å². The van der Waals surface area contributed by atoms with Gasteiger partial charge in [0.25, 0.3) is 0 Å². The Morgan fingerprint density at radius 3 is 2.30 bits per heavy atom. The highest BCUT2D eigenvalue weighted by Gasteiger charge is 2.18. The number of piperazine rings is 1. The molecule has 2 aromatic rings. The molecule has 0 spiro atoms. The van der Waals surface area contributed by atoms with Crippen LogP contribution < -0.4 is 20.9 Å². The number of amides is 1. The van der Waals surface area contributed by atoms with E-state index in [0.717, 1.165) is 43.2 Å². The second-order valence-corrected chi connectivity index (χ2v) is 6.93. The van der Waals surface area contributed by atoms with Gasteiger partial charge in [0.2, 0.25) is 5.91 Å². The first-order valence-electron chi connectivity index (χ1n) is 9.24. The molecule has 1 fully saturated rings. The highest BCUT2D eigenvalue weighted by molar-refractivity contribution is 5.86. The number of benzene rings is 1. The van der Waals surface area contributed by atoms with Crippen molar-refractivity contribution in [2.24, 2.45) is 5.73 Å². The maximum Gasteiger partial charge on any atom is 0.221 e. The number of pyridine rings is 1. The molecule has 1 saturated heterocycles. The number of carbonyl (C=O) groups is 1. The topological polar surface area (TPSA) is 74.5 Å². The van der Waals surface area contributed by atoms with E-state index in [-0.39, 0.29) is 55.0 Å². The van der Waals surface area contributed by atoms with Gasteiger partial charge in [-0.25, -0.2) is 9.37 Å². The lowest BCUT2D eigenvalue weighted by atomic mass is 10.2. The summed E-state index contributed by atoms with van der Waals surface area (Å²) in [6.07, 6.45) is 2.10. The second-order valence-electron chi connectivity index (χ2n) is 6.93. The van der Waals surface area contributed by atoms with Crippen LogP contribution in [0, 0.1) is 5.82 Å². The Labute approximate surface area is 195 Å². The largest absolute Gasteiger partial charge is 0.368 e. The molecule has 168 valence electrons. The zero-order valence-corrected chi connectivity index (χ0v) is 19.2. The fourth-order valence-electron chi connectivity index (χ4n) is 3.15. The van der Waals surface area contributed by atoms with Crippen molar-refractivity contribution in [3.8, 4) is 0 Å². The van der Waals surface area contributed by atoms with Gasteiger partial charge in [-0.1, -0.05) is 0 Å². The third kappa shape index (κ3) is 8.14. The fourth-order valence-corrected chi connectivity index (χ4v) is 3.15. The molecular weight excluding hydrogens is 452 g/mol. The van der Waals surface area contributed by atoms with E-state index in [9.17, 15) is 9.18 Å². The van der Waals surface area contributed by atoms with E-state index in [4.69, 9.17) is 5.73 Å². The van der Waals surface area contributed by atoms with Gasteiger partial charge in [-0.15, -0.1) is 37.2 Å². The highest BCUT2D eigenvalue weighted by atomic mass is 35.5. The normalized spacial score (nSPS) is 14.0. The quantitative estimate of drug-likeness (QED) is 0.664. The van der Waals surface area contributed by atoms with Gasteiger partial charge in [-0.05, 0) is 48.9 Å². The van der Waals surface area contributed by atoms with E-state index < -0.39 is 0 Å². The first kappa shape index (κ1) is 28.2. The number of carbonyl (C=O) groups excluding carboxylic acids is 1. The number of hydrogen-bond donors (Lipinski definition) is 2. The highest BCUT2D eigenvalue weighted by Crippen LogP contribution is 2.20. The van der Waals surface area contributed by atoms with Crippen molar-refractivity contribution in [1.82, 2.24) is 10.3 Å². The van der Waals surface area contributed by atoms with E-state index in [1.165, 1.54) is 12.1 Å². The molecule has 0 radical (unpaired) electrons. The van der Waals surface area contributed by atoms with Crippen molar-refractivity contribution in [2.75, 3.05) is 36.0 Å². The zero-order valence-electron chi connectivity index (χ0n) is 16.8. The SMILES string of the molecule is CC(N)CC(=O)NCc1ccnc(N2CCN(c3ccc(F)cc3)CC2)c1.Cl.Cl.Cl. The maximum atomic E-state index is 13.1. The predicted molar refractivity (Wildman–Crippen MR) is 127 cm³/mol. The zero-order chi connectivity index (χ0) is 19.2. The van der Waals surface area contributed by atoms with Gasteiger partial charge in [-0.2, -0.15) is 0 Å². The summed E-state index contributed by atoms with van der Waals surface area (Å²) in [5.41, 5.74) is 7.69. The average molecular weight is 481 g/mol. The van der Waals surface area contributed by atoms with Crippen LogP contribution in [0.2, 0.25) is 0 Å². The fraction of sp³-hybridized carbons (Fsp3) is 0.400. The molecule has 3 N–H and O–H groups in total. The molecule has 1 aromatic carbocycles. The minimum absolute atomic E-state index is 0. The number of anilines is 2. The smallest absolute Gasteiger partial charge is 0.221 e. The molecule has 3 rings (SSSR count). The lowest BCUT2D eigenvalue weighted by molar-refractivity contribution is -0.121. The summed E-state index contributed by atoms with van der Waals surface area (Å²) < 4.78 is 13.1. The van der Waals surface area contributed by atoms with Crippen LogP contribution in [0.3, 0.4) is 0 Å².